The summed E-state index contributed by atoms with van der Waals surface area (Å²) < 4.78 is 13.0. The summed E-state index contributed by atoms with van der Waals surface area (Å²) in [6.45, 7) is 0.894. The van der Waals surface area contributed by atoms with E-state index in [1.165, 1.54) is 47.2 Å². The van der Waals surface area contributed by atoms with E-state index in [1.54, 1.807) is 18.2 Å². The van der Waals surface area contributed by atoms with Crippen molar-refractivity contribution >= 4 is 52.1 Å². The highest BCUT2D eigenvalue weighted by Gasteiger charge is 2.58. The van der Waals surface area contributed by atoms with Gasteiger partial charge in [0.15, 0.2) is 11.9 Å². The molecule has 268 valence electrons. The molecule has 2 aromatic heterocycles. The number of halogens is 1. The van der Waals surface area contributed by atoms with E-state index in [0.29, 0.717) is 36.1 Å². The third-order valence-corrected chi connectivity index (χ3v) is 10.9. The van der Waals surface area contributed by atoms with Crippen LogP contribution < -0.4 is 15.1 Å². The molecule has 1 saturated carbocycles. The van der Waals surface area contributed by atoms with Crippen LogP contribution in [-0.2, 0) is 25.5 Å². The number of amides is 2. The van der Waals surface area contributed by atoms with Gasteiger partial charge >= 0.3 is 18.0 Å². The first-order chi connectivity index (χ1) is 23.9. The number of carboxylic acids is 2. The first kappa shape index (κ1) is 34.4. The minimum atomic E-state index is -2.84. The van der Waals surface area contributed by atoms with Crippen molar-refractivity contribution in [2.45, 2.75) is 61.7 Å². The number of carbonyl (C=O) groups excluding carboxylic acids is 1. The van der Waals surface area contributed by atoms with Crippen LogP contribution in [0, 0.1) is 11.8 Å². The monoisotopic (exact) mass is 714 g/mol. The molecule has 0 radical (unpaired) electrons. The Hall–Kier alpha value is -4.06. The molecule has 0 unspecified atom stereocenters. The number of rotatable bonds is 11. The van der Waals surface area contributed by atoms with E-state index in [1.807, 2.05) is 0 Å². The van der Waals surface area contributed by atoms with Gasteiger partial charge in [0.25, 0.3) is 5.60 Å². The van der Waals surface area contributed by atoms with Gasteiger partial charge in [0.2, 0.25) is 0 Å². The van der Waals surface area contributed by atoms with Gasteiger partial charge in [-0.15, -0.1) is 0 Å². The summed E-state index contributed by atoms with van der Waals surface area (Å²) in [4.78, 5) is 50.1. The molecule has 0 spiro atoms. The van der Waals surface area contributed by atoms with E-state index in [-0.39, 0.29) is 22.4 Å². The molecular formula is C33H39ClN6O10. The number of hydrogen-bond donors (Lipinski definition) is 6. The Morgan fingerprint density at radius 3 is 2.46 bits per heavy atom. The fourth-order valence-electron chi connectivity index (χ4n) is 7.81. The molecule has 3 aromatic rings. The minimum Gasteiger partial charge on any atom is -0.479 e. The molecule has 5 heterocycles. The largest absolute Gasteiger partial charge is 0.479 e. The summed E-state index contributed by atoms with van der Waals surface area (Å²) in [5.41, 5.74) is -2.87. The average Bonchev–Trinajstić information content (AvgIpc) is 3.87. The second-order valence-electron chi connectivity index (χ2n) is 13.6. The highest BCUT2D eigenvalue weighted by Crippen LogP contribution is 2.43. The van der Waals surface area contributed by atoms with Gasteiger partial charge in [-0.3, -0.25) is 9.47 Å². The van der Waals surface area contributed by atoms with Crippen LogP contribution in [0.1, 0.15) is 37.5 Å². The van der Waals surface area contributed by atoms with Gasteiger partial charge < -0.3 is 45.2 Å². The van der Waals surface area contributed by atoms with Crippen molar-refractivity contribution in [3.05, 3.63) is 47.4 Å². The summed E-state index contributed by atoms with van der Waals surface area (Å²) in [6.07, 6.45) is 0.270. The van der Waals surface area contributed by atoms with Crippen LogP contribution in [0.15, 0.2) is 36.7 Å². The number of benzene rings is 1. The number of hydrogen-bond acceptors (Lipinski definition) is 11. The molecule has 4 fully saturated rings. The zero-order chi connectivity index (χ0) is 35.4. The highest BCUT2D eigenvalue weighted by molar-refractivity contribution is 6.30. The Balaban J connectivity index is 1.12. The number of urea groups is 1. The predicted octanol–water partition coefficient (Wildman–Crippen LogP) is 1.39. The van der Waals surface area contributed by atoms with Gasteiger partial charge in [-0.25, -0.2) is 24.4 Å². The molecule has 50 heavy (non-hydrogen) atoms. The van der Waals surface area contributed by atoms with Crippen molar-refractivity contribution in [1.29, 1.82) is 0 Å². The fraction of sp³-hybridized carbons (Fsp3) is 0.545. The van der Waals surface area contributed by atoms with Crippen LogP contribution in [0.25, 0.3) is 11.2 Å². The maximum Gasteiger partial charge on any atom is 0.348 e. The number of nitrogens with one attached hydrogen (secondary N) is 1. The number of fused-ring (bicyclic) bond motifs is 2. The molecular weight excluding hydrogens is 676 g/mol. The number of imidazole rings is 1. The second kappa shape index (κ2) is 13.2. The Morgan fingerprint density at radius 1 is 1.12 bits per heavy atom. The Labute approximate surface area is 291 Å². The standard InChI is InChI=1S/C33H39ClN6O10/c34-24-11-22(38-13-19-3-1-4-20(19)14-38)25-27(37-24)40(17-36-25)28-26(42)32(48,16-41)23(50-28)15-49-33(29(43)44,30(45)46)12-18-5-7-21(8-6-18)39-10-2-9-35-31(39)47/h5-8,11,17,19-20,23,26,28,41-42,48H,1-4,9-10,12-16H2,(H,35,47)(H,43,44)(H,45,46)/t19-,20+,23-,26+,28-,32-/m1/s1. The summed E-state index contributed by atoms with van der Waals surface area (Å²) in [5, 5.41) is 56.3. The average molecular weight is 715 g/mol. The number of aliphatic hydroxyl groups excluding tert-OH is 2. The molecule has 4 aliphatic rings. The van der Waals surface area contributed by atoms with Gasteiger partial charge in [0.1, 0.15) is 28.5 Å². The molecule has 2 amide bonds. The molecule has 6 atom stereocenters. The number of ether oxygens (including phenoxy) is 2. The van der Waals surface area contributed by atoms with Gasteiger partial charge in [-0.1, -0.05) is 30.2 Å². The maximum atomic E-state index is 12.6. The van der Waals surface area contributed by atoms with Crippen LogP contribution in [0.3, 0.4) is 0 Å². The lowest BCUT2D eigenvalue weighted by Gasteiger charge is -2.32. The second-order valence-corrected chi connectivity index (χ2v) is 14.0. The molecule has 6 N–H and O–H groups in total. The van der Waals surface area contributed by atoms with Gasteiger partial charge in [0.05, 0.1) is 25.2 Å². The van der Waals surface area contributed by atoms with Crippen LogP contribution in [0.4, 0.5) is 16.2 Å². The Kier molecular flexibility index (Phi) is 9.11. The molecule has 3 aliphatic heterocycles. The molecule has 3 saturated heterocycles. The molecule has 0 bridgehead atoms. The lowest BCUT2D eigenvalue weighted by atomic mass is 9.91. The first-order valence-electron chi connectivity index (χ1n) is 16.6. The summed E-state index contributed by atoms with van der Waals surface area (Å²) in [6, 6.07) is 7.63. The molecule has 7 rings (SSSR count). The van der Waals surface area contributed by atoms with Gasteiger partial charge in [-0.05, 0) is 48.8 Å². The molecule has 1 aliphatic carbocycles. The van der Waals surface area contributed by atoms with Crippen LogP contribution in [0.5, 0.6) is 0 Å². The van der Waals surface area contributed by atoms with Crippen molar-refractivity contribution in [3.63, 3.8) is 0 Å². The van der Waals surface area contributed by atoms with Crippen LogP contribution in [0.2, 0.25) is 5.15 Å². The van der Waals surface area contributed by atoms with Crippen molar-refractivity contribution in [2.75, 3.05) is 49.2 Å². The minimum absolute atomic E-state index is 0.177. The van der Waals surface area contributed by atoms with Crippen molar-refractivity contribution in [1.82, 2.24) is 19.9 Å². The Bertz CT molecular complexity index is 1760. The van der Waals surface area contributed by atoms with E-state index < -0.39 is 61.2 Å². The lowest BCUT2D eigenvalue weighted by molar-refractivity contribution is -0.194. The number of aliphatic carboxylic acids is 2. The smallest absolute Gasteiger partial charge is 0.348 e. The first-order valence-corrected chi connectivity index (χ1v) is 17.0. The number of pyridine rings is 1. The SMILES string of the molecule is O=C1NCCCN1c1ccc(CC(OC[C@H]2O[C@@H](n3cnc4c(N5C[C@H]6CCC[C@H]6C5)cc(Cl)nc43)[C@H](O)[C@@]2(O)CO)(C(=O)O)C(=O)O)cc1. The van der Waals surface area contributed by atoms with Gasteiger partial charge in [-0.2, -0.15) is 0 Å². The summed E-state index contributed by atoms with van der Waals surface area (Å²) in [7, 11) is 0. The number of aliphatic hydroxyl groups is 3. The van der Waals surface area contributed by atoms with E-state index in [9.17, 15) is 39.9 Å². The van der Waals surface area contributed by atoms with Crippen molar-refractivity contribution in [2.24, 2.45) is 11.8 Å². The van der Waals surface area contributed by atoms with E-state index in [0.717, 1.165) is 25.2 Å². The summed E-state index contributed by atoms with van der Waals surface area (Å²) in [5.74, 6) is -2.45. The fourth-order valence-corrected chi connectivity index (χ4v) is 7.99. The van der Waals surface area contributed by atoms with E-state index in [2.05, 4.69) is 20.2 Å². The third kappa shape index (κ3) is 5.82. The zero-order valence-electron chi connectivity index (χ0n) is 27.0. The third-order valence-electron chi connectivity index (χ3n) is 10.7. The predicted molar refractivity (Wildman–Crippen MR) is 177 cm³/mol. The van der Waals surface area contributed by atoms with E-state index >= 15 is 0 Å². The number of anilines is 2. The lowest BCUT2D eigenvalue weighted by Crippen LogP contribution is -2.56. The van der Waals surface area contributed by atoms with Crippen molar-refractivity contribution in [3.8, 4) is 0 Å². The summed E-state index contributed by atoms with van der Waals surface area (Å²) >= 11 is 6.46. The van der Waals surface area contributed by atoms with E-state index in [4.69, 9.17) is 21.1 Å². The number of aromatic nitrogens is 3. The normalized spacial score (nSPS) is 28.3. The highest BCUT2D eigenvalue weighted by atomic mass is 35.5. The molecule has 17 heteroatoms. The van der Waals surface area contributed by atoms with Crippen LogP contribution >= 0.6 is 11.6 Å². The maximum absolute atomic E-state index is 12.6. The molecule has 1 aromatic carbocycles. The topological polar surface area (TPSA) is 220 Å². The number of nitrogens with zero attached hydrogens (tertiary/aromatic N) is 5. The zero-order valence-corrected chi connectivity index (χ0v) is 27.8. The van der Waals surface area contributed by atoms with Crippen LogP contribution in [-0.4, -0.2) is 121 Å². The van der Waals surface area contributed by atoms with Gasteiger partial charge in [0, 0.05) is 44.4 Å². The van der Waals surface area contributed by atoms with Crippen molar-refractivity contribution < 1.29 is 49.4 Å². The number of carboxylic acid groups (broad SMARTS) is 2. The quantitative estimate of drug-likeness (QED) is 0.122. The molecule has 16 nitrogen and oxygen atoms in total. The number of carbonyl (C=O) groups is 3. The Morgan fingerprint density at radius 2 is 1.82 bits per heavy atom.